The number of ether oxygens (including phenoxy) is 2. The first-order valence-corrected chi connectivity index (χ1v) is 9.69. The summed E-state index contributed by atoms with van der Waals surface area (Å²) in [6.45, 7) is 4.49. The van der Waals surface area contributed by atoms with Gasteiger partial charge in [0, 0.05) is 25.7 Å². The summed E-state index contributed by atoms with van der Waals surface area (Å²) in [5.74, 6) is -0.558. The van der Waals surface area contributed by atoms with Crippen LogP contribution >= 0.6 is 11.6 Å². The molecule has 0 radical (unpaired) electrons. The van der Waals surface area contributed by atoms with Gasteiger partial charge in [-0.2, -0.15) is 0 Å². The molecule has 2 aliphatic heterocycles. The number of halogens is 1. The van der Waals surface area contributed by atoms with Crippen LogP contribution in [-0.2, 0) is 9.47 Å². The van der Waals surface area contributed by atoms with Gasteiger partial charge < -0.3 is 19.3 Å². The number of hydrogen-bond acceptors (Lipinski definition) is 7. The standard InChI is InChI=1S/C18H25ClN4O4/c1-3-4-10-27-17(25)23-8-5-6-18(23)7-9-22(12-18)13-11-14(19)20-21-15(13)16(24)26-2/h11H,3-10,12H2,1-2H3. The third-order valence-electron chi connectivity index (χ3n) is 5.34. The molecule has 148 valence electrons. The van der Waals surface area contributed by atoms with Crippen molar-refractivity contribution < 1.29 is 19.1 Å². The molecule has 1 aromatic heterocycles. The fourth-order valence-corrected chi connectivity index (χ4v) is 4.07. The summed E-state index contributed by atoms with van der Waals surface area (Å²) in [4.78, 5) is 28.5. The summed E-state index contributed by atoms with van der Waals surface area (Å²) >= 11 is 6.01. The Labute approximate surface area is 163 Å². The Kier molecular flexibility index (Phi) is 6.04. The Morgan fingerprint density at radius 3 is 2.85 bits per heavy atom. The number of rotatable bonds is 5. The molecule has 1 aromatic rings. The highest BCUT2D eigenvalue weighted by Crippen LogP contribution is 2.40. The van der Waals surface area contributed by atoms with E-state index < -0.39 is 5.97 Å². The quantitative estimate of drug-likeness (QED) is 0.558. The number of aromatic nitrogens is 2. The molecule has 1 atom stereocenters. The van der Waals surface area contributed by atoms with Gasteiger partial charge in [0.1, 0.15) is 0 Å². The lowest BCUT2D eigenvalue weighted by atomic mass is 9.95. The number of nitrogens with zero attached hydrogens (tertiary/aromatic N) is 4. The van der Waals surface area contributed by atoms with Gasteiger partial charge in [-0.1, -0.05) is 24.9 Å². The van der Waals surface area contributed by atoms with Crippen LogP contribution < -0.4 is 4.90 Å². The normalized spacial score (nSPS) is 21.7. The van der Waals surface area contributed by atoms with E-state index in [1.165, 1.54) is 7.11 Å². The molecule has 2 saturated heterocycles. The van der Waals surface area contributed by atoms with E-state index in [1.54, 1.807) is 6.07 Å². The Morgan fingerprint density at radius 1 is 1.30 bits per heavy atom. The van der Waals surface area contributed by atoms with Gasteiger partial charge in [0.15, 0.2) is 10.8 Å². The average molecular weight is 397 g/mol. The van der Waals surface area contributed by atoms with Gasteiger partial charge in [0.2, 0.25) is 0 Å². The lowest BCUT2D eigenvalue weighted by Crippen LogP contribution is -2.49. The van der Waals surface area contributed by atoms with Crippen molar-refractivity contribution in [1.82, 2.24) is 15.1 Å². The molecule has 8 nitrogen and oxygen atoms in total. The zero-order valence-corrected chi connectivity index (χ0v) is 16.5. The third-order valence-corrected chi connectivity index (χ3v) is 5.52. The number of methoxy groups -OCH3 is 1. The number of likely N-dealkylation sites (tertiary alicyclic amines) is 1. The van der Waals surface area contributed by atoms with Gasteiger partial charge in [-0.05, 0) is 25.7 Å². The molecular formula is C18H25ClN4O4. The predicted octanol–water partition coefficient (Wildman–Crippen LogP) is 2.90. The minimum Gasteiger partial charge on any atom is -0.464 e. The average Bonchev–Trinajstić information content (AvgIpc) is 3.28. The molecule has 0 bridgehead atoms. The molecular weight excluding hydrogens is 372 g/mol. The number of carbonyl (C=O) groups is 2. The topological polar surface area (TPSA) is 84.9 Å². The van der Waals surface area contributed by atoms with Gasteiger partial charge in [-0.3, -0.25) is 0 Å². The van der Waals surface area contributed by atoms with Crippen molar-refractivity contribution in [2.24, 2.45) is 0 Å². The number of hydrogen-bond donors (Lipinski definition) is 0. The highest BCUT2D eigenvalue weighted by molar-refractivity contribution is 6.29. The van der Waals surface area contributed by atoms with Gasteiger partial charge in [0.25, 0.3) is 0 Å². The fraction of sp³-hybridized carbons (Fsp3) is 0.667. The number of anilines is 1. The van der Waals surface area contributed by atoms with Crippen LogP contribution in [0.3, 0.4) is 0 Å². The van der Waals surface area contributed by atoms with E-state index in [2.05, 4.69) is 17.1 Å². The van der Waals surface area contributed by atoms with E-state index in [0.717, 1.165) is 32.1 Å². The summed E-state index contributed by atoms with van der Waals surface area (Å²) in [7, 11) is 1.30. The molecule has 0 aromatic carbocycles. The molecule has 3 heterocycles. The van der Waals surface area contributed by atoms with E-state index in [0.29, 0.717) is 31.9 Å². The Morgan fingerprint density at radius 2 is 2.11 bits per heavy atom. The van der Waals surface area contributed by atoms with E-state index >= 15 is 0 Å². The van der Waals surface area contributed by atoms with Crippen molar-refractivity contribution in [3.05, 3.63) is 16.9 Å². The van der Waals surface area contributed by atoms with Crippen molar-refractivity contribution in [3.63, 3.8) is 0 Å². The maximum absolute atomic E-state index is 12.6. The smallest absolute Gasteiger partial charge is 0.410 e. The Balaban J connectivity index is 1.79. The van der Waals surface area contributed by atoms with Crippen molar-refractivity contribution in [2.75, 3.05) is 38.3 Å². The molecule has 3 rings (SSSR count). The molecule has 2 aliphatic rings. The Hall–Kier alpha value is -2.09. The largest absolute Gasteiger partial charge is 0.464 e. The van der Waals surface area contributed by atoms with Crippen LogP contribution in [0.25, 0.3) is 0 Å². The molecule has 1 amide bonds. The fourth-order valence-electron chi connectivity index (χ4n) is 3.93. The number of amides is 1. The van der Waals surface area contributed by atoms with Crippen LogP contribution in [0.2, 0.25) is 5.15 Å². The lowest BCUT2D eigenvalue weighted by molar-refractivity contribution is 0.0592. The second kappa shape index (κ2) is 8.29. The van der Waals surface area contributed by atoms with E-state index in [-0.39, 0.29) is 22.5 Å². The highest BCUT2D eigenvalue weighted by Gasteiger charge is 2.49. The maximum atomic E-state index is 12.6. The number of unbranched alkanes of at least 4 members (excludes halogenated alkanes) is 1. The van der Waals surface area contributed by atoms with Crippen molar-refractivity contribution in [1.29, 1.82) is 0 Å². The minimum absolute atomic E-state index is 0.133. The second-order valence-electron chi connectivity index (χ2n) is 7.01. The van der Waals surface area contributed by atoms with Crippen LogP contribution in [0, 0.1) is 0 Å². The molecule has 9 heteroatoms. The maximum Gasteiger partial charge on any atom is 0.410 e. The van der Waals surface area contributed by atoms with Crippen molar-refractivity contribution in [2.45, 2.75) is 44.6 Å². The summed E-state index contributed by atoms with van der Waals surface area (Å²) in [5.41, 5.74) is 0.436. The third kappa shape index (κ3) is 3.95. The molecule has 2 fully saturated rings. The predicted molar refractivity (Wildman–Crippen MR) is 100 cm³/mol. The van der Waals surface area contributed by atoms with E-state index in [1.807, 2.05) is 9.80 Å². The second-order valence-corrected chi connectivity index (χ2v) is 7.40. The Bertz CT molecular complexity index is 717. The van der Waals surface area contributed by atoms with Gasteiger partial charge in [-0.15, -0.1) is 10.2 Å². The molecule has 27 heavy (non-hydrogen) atoms. The summed E-state index contributed by atoms with van der Waals surface area (Å²) in [5, 5.41) is 7.88. The molecule has 0 N–H and O–H groups in total. The lowest BCUT2D eigenvalue weighted by Gasteiger charge is -2.34. The van der Waals surface area contributed by atoms with Crippen molar-refractivity contribution in [3.8, 4) is 0 Å². The highest BCUT2D eigenvalue weighted by atomic mass is 35.5. The van der Waals surface area contributed by atoms with E-state index in [9.17, 15) is 9.59 Å². The SMILES string of the molecule is CCCCOC(=O)N1CCCC12CCN(c1cc(Cl)nnc1C(=O)OC)C2. The van der Waals surface area contributed by atoms with Crippen LogP contribution in [0.1, 0.15) is 49.5 Å². The first-order chi connectivity index (χ1) is 13.0. The van der Waals surface area contributed by atoms with Crippen LogP contribution in [0.4, 0.5) is 10.5 Å². The zero-order chi connectivity index (χ0) is 19.4. The molecule has 1 spiro atoms. The molecule has 1 unspecified atom stereocenters. The number of esters is 1. The van der Waals surface area contributed by atoms with Gasteiger partial charge in [0.05, 0.1) is 24.9 Å². The first-order valence-electron chi connectivity index (χ1n) is 9.31. The van der Waals surface area contributed by atoms with Crippen molar-refractivity contribution >= 4 is 29.4 Å². The monoisotopic (exact) mass is 396 g/mol. The molecule has 0 aliphatic carbocycles. The summed E-state index contributed by atoms with van der Waals surface area (Å²) < 4.78 is 10.3. The minimum atomic E-state index is -0.558. The summed E-state index contributed by atoms with van der Waals surface area (Å²) in [6.07, 6.45) is 4.25. The van der Waals surface area contributed by atoms with Crippen LogP contribution in [0.15, 0.2) is 6.07 Å². The zero-order valence-electron chi connectivity index (χ0n) is 15.7. The van der Waals surface area contributed by atoms with E-state index in [4.69, 9.17) is 21.1 Å². The van der Waals surface area contributed by atoms with Gasteiger partial charge >= 0.3 is 12.1 Å². The van der Waals surface area contributed by atoms with Crippen LogP contribution in [0.5, 0.6) is 0 Å². The first kappa shape index (κ1) is 19.7. The van der Waals surface area contributed by atoms with Gasteiger partial charge in [-0.25, -0.2) is 9.59 Å². The number of carbonyl (C=O) groups excluding carboxylic acids is 2. The summed E-state index contributed by atoms with van der Waals surface area (Å²) in [6, 6.07) is 1.62. The van der Waals surface area contributed by atoms with Crippen LogP contribution in [-0.4, -0.2) is 66.0 Å². The molecule has 0 saturated carbocycles.